The smallest absolute Gasteiger partial charge is 0.243 e. The third-order valence-electron chi connectivity index (χ3n) is 4.49. The topological polar surface area (TPSA) is 86.8 Å². The van der Waals surface area contributed by atoms with Crippen LogP contribution >= 0.6 is 11.6 Å². The van der Waals surface area contributed by atoms with E-state index in [9.17, 15) is 18.0 Å². The van der Waals surface area contributed by atoms with Crippen molar-refractivity contribution in [3.05, 3.63) is 53.6 Å². The van der Waals surface area contributed by atoms with Crippen molar-refractivity contribution in [2.24, 2.45) is 0 Å². The Morgan fingerprint density at radius 3 is 2.68 bits per heavy atom. The van der Waals surface area contributed by atoms with Crippen LogP contribution in [0.25, 0.3) is 0 Å². The molecule has 2 amide bonds. The molecule has 0 aliphatic carbocycles. The van der Waals surface area contributed by atoms with Gasteiger partial charge in [-0.1, -0.05) is 29.8 Å². The Morgan fingerprint density at radius 1 is 1.25 bits per heavy atom. The fourth-order valence-corrected chi connectivity index (χ4v) is 4.55. The second-order valence-electron chi connectivity index (χ2n) is 6.60. The average Bonchev–Trinajstić information content (AvgIpc) is 2.75. The highest BCUT2D eigenvalue weighted by Gasteiger charge is 2.32. The van der Waals surface area contributed by atoms with E-state index >= 15 is 0 Å². The van der Waals surface area contributed by atoms with Crippen LogP contribution in [0.3, 0.4) is 0 Å². The van der Waals surface area contributed by atoms with Gasteiger partial charge in [-0.2, -0.15) is 4.31 Å². The van der Waals surface area contributed by atoms with Crippen molar-refractivity contribution in [2.75, 3.05) is 23.8 Å². The molecule has 1 heterocycles. The van der Waals surface area contributed by atoms with Gasteiger partial charge in [0.1, 0.15) is 0 Å². The molecular formula is C19H20ClN3O4S. The molecule has 3 rings (SSSR count). The highest BCUT2D eigenvalue weighted by Crippen LogP contribution is 2.31. The summed E-state index contributed by atoms with van der Waals surface area (Å²) >= 11 is 5.89. The third kappa shape index (κ3) is 4.04. The van der Waals surface area contributed by atoms with Crippen molar-refractivity contribution in [1.82, 2.24) is 4.31 Å². The second kappa shape index (κ2) is 7.90. The first kappa shape index (κ1) is 20.3. The zero-order chi connectivity index (χ0) is 20.5. The first-order chi connectivity index (χ1) is 13.2. The number of anilines is 2. The summed E-state index contributed by atoms with van der Waals surface area (Å²) in [6.45, 7) is 1.38. The van der Waals surface area contributed by atoms with Crippen LogP contribution < -0.4 is 10.2 Å². The van der Waals surface area contributed by atoms with Gasteiger partial charge in [0.05, 0.1) is 22.8 Å². The number of para-hydroxylation sites is 2. The molecule has 0 fully saturated rings. The minimum absolute atomic E-state index is 0.0106. The molecule has 0 spiro atoms. The number of sulfonamides is 1. The molecule has 7 nitrogen and oxygen atoms in total. The molecule has 1 unspecified atom stereocenters. The van der Waals surface area contributed by atoms with Crippen molar-refractivity contribution < 1.29 is 18.0 Å². The maximum Gasteiger partial charge on any atom is 0.243 e. The van der Waals surface area contributed by atoms with Crippen LogP contribution in [0.15, 0.2) is 53.4 Å². The Labute approximate surface area is 168 Å². The molecule has 0 aromatic heterocycles. The van der Waals surface area contributed by atoms with E-state index in [1.807, 2.05) is 0 Å². The Hall–Kier alpha value is -2.42. The fourth-order valence-electron chi connectivity index (χ4n) is 3.13. The van der Waals surface area contributed by atoms with Crippen LogP contribution in [-0.4, -0.2) is 44.2 Å². The van der Waals surface area contributed by atoms with Crippen LogP contribution in [0.1, 0.15) is 13.3 Å². The van der Waals surface area contributed by atoms with E-state index in [2.05, 4.69) is 5.32 Å². The first-order valence-electron chi connectivity index (χ1n) is 8.63. The molecule has 1 aliphatic rings. The van der Waals surface area contributed by atoms with Crippen LogP contribution in [0, 0.1) is 0 Å². The lowest BCUT2D eigenvalue weighted by atomic mass is 10.1. The largest absolute Gasteiger partial charge is 0.324 e. The molecule has 0 saturated heterocycles. The van der Waals surface area contributed by atoms with E-state index in [0.717, 1.165) is 4.31 Å². The van der Waals surface area contributed by atoms with Gasteiger partial charge in [-0.05, 0) is 37.3 Å². The van der Waals surface area contributed by atoms with Crippen LogP contribution in [-0.2, 0) is 19.6 Å². The number of hydrogen-bond acceptors (Lipinski definition) is 4. The van der Waals surface area contributed by atoms with Crippen molar-refractivity contribution in [3.8, 4) is 0 Å². The summed E-state index contributed by atoms with van der Waals surface area (Å²) in [7, 11) is -2.55. The van der Waals surface area contributed by atoms with Crippen molar-refractivity contribution in [2.45, 2.75) is 24.3 Å². The molecule has 148 valence electrons. The van der Waals surface area contributed by atoms with Crippen molar-refractivity contribution in [1.29, 1.82) is 0 Å². The van der Waals surface area contributed by atoms with E-state index in [-0.39, 0.29) is 23.8 Å². The number of benzene rings is 2. The lowest BCUT2D eigenvalue weighted by molar-refractivity contribution is -0.119. The normalized spacial score (nSPS) is 17.1. The molecule has 1 N–H and O–H groups in total. The molecule has 2 aromatic rings. The quantitative estimate of drug-likeness (QED) is 0.822. The third-order valence-corrected chi connectivity index (χ3v) is 6.52. The Balaban J connectivity index is 1.88. The van der Waals surface area contributed by atoms with E-state index < -0.39 is 22.0 Å². The van der Waals surface area contributed by atoms with Crippen LogP contribution in [0.4, 0.5) is 11.4 Å². The monoisotopic (exact) mass is 421 g/mol. The van der Waals surface area contributed by atoms with E-state index in [0.29, 0.717) is 16.4 Å². The molecule has 1 atom stereocenters. The SMILES string of the molecule is CC1CC(=O)Nc2ccccc2N1C(=O)CN(C)S(=O)(=O)c1cccc(Cl)c1. The zero-order valence-electron chi connectivity index (χ0n) is 15.4. The predicted octanol–water partition coefficient (Wildman–Crippen LogP) is 2.72. The molecule has 28 heavy (non-hydrogen) atoms. The molecule has 1 aliphatic heterocycles. The van der Waals surface area contributed by atoms with E-state index in [1.165, 1.54) is 30.1 Å². The fraction of sp³-hybridized carbons (Fsp3) is 0.263. The van der Waals surface area contributed by atoms with Crippen LogP contribution in [0.2, 0.25) is 5.02 Å². The highest BCUT2D eigenvalue weighted by atomic mass is 35.5. The lowest BCUT2D eigenvalue weighted by Gasteiger charge is -2.29. The number of nitrogens with zero attached hydrogens (tertiary/aromatic N) is 2. The van der Waals surface area contributed by atoms with Gasteiger partial charge in [0.2, 0.25) is 21.8 Å². The zero-order valence-corrected chi connectivity index (χ0v) is 17.0. The van der Waals surface area contributed by atoms with Crippen molar-refractivity contribution >= 4 is 44.8 Å². The van der Waals surface area contributed by atoms with Gasteiger partial charge in [0, 0.05) is 24.5 Å². The Kier molecular flexibility index (Phi) is 5.74. The minimum atomic E-state index is -3.89. The number of carbonyl (C=O) groups is 2. The number of nitrogens with one attached hydrogen (secondary N) is 1. The summed E-state index contributed by atoms with van der Waals surface area (Å²) < 4.78 is 26.5. The molecule has 0 bridgehead atoms. The lowest BCUT2D eigenvalue weighted by Crippen LogP contribution is -2.45. The molecule has 2 aromatic carbocycles. The van der Waals surface area contributed by atoms with Gasteiger partial charge in [0.15, 0.2) is 0 Å². The number of hydrogen-bond donors (Lipinski definition) is 1. The van der Waals surface area contributed by atoms with Gasteiger partial charge in [-0.15, -0.1) is 0 Å². The van der Waals surface area contributed by atoms with Crippen molar-refractivity contribution in [3.63, 3.8) is 0 Å². The van der Waals surface area contributed by atoms with Gasteiger partial charge >= 0.3 is 0 Å². The number of likely N-dealkylation sites (N-methyl/N-ethyl adjacent to an activating group) is 1. The molecular weight excluding hydrogens is 402 g/mol. The highest BCUT2D eigenvalue weighted by molar-refractivity contribution is 7.89. The summed E-state index contributed by atoms with van der Waals surface area (Å²) in [5, 5.41) is 3.07. The number of amides is 2. The number of halogens is 1. The van der Waals surface area contributed by atoms with Gasteiger partial charge in [0.25, 0.3) is 0 Å². The van der Waals surface area contributed by atoms with Crippen LogP contribution in [0.5, 0.6) is 0 Å². The molecule has 9 heteroatoms. The van der Waals surface area contributed by atoms with E-state index in [1.54, 1.807) is 37.3 Å². The maximum absolute atomic E-state index is 13.0. The van der Waals surface area contributed by atoms with Gasteiger partial charge in [-0.3, -0.25) is 9.59 Å². The van der Waals surface area contributed by atoms with E-state index in [4.69, 9.17) is 11.6 Å². The first-order valence-corrected chi connectivity index (χ1v) is 10.4. The van der Waals surface area contributed by atoms with Gasteiger partial charge in [-0.25, -0.2) is 8.42 Å². The minimum Gasteiger partial charge on any atom is -0.324 e. The van der Waals surface area contributed by atoms with Gasteiger partial charge < -0.3 is 10.2 Å². The second-order valence-corrected chi connectivity index (χ2v) is 9.08. The summed E-state index contributed by atoms with van der Waals surface area (Å²) in [6, 6.07) is 12.4. The number of rotatable bonds is 4. The number of fused-ring (bicyclic) bond motifs is 1. The molecule has 0 radical (unpaired) electrons. The standard InChI is InChI=1S/C19H20ClN3O4S/c1-13-10-18(24)21-16-8-3-4-9-17(16)23(13)19(25)12-22(2)28(26,27)15-7-5-6-14(20)11-15/h3-9,11,13H,10,12H2,1-2H3,(H,21,24). The predicted molar refractivity (Wildman–Crippen MR) is 108 cm³/mol. The maximum atomic E-state index is 13.0. The Morgan fingerprint density at radius 2 is 1.96 bits per heavy atom. The summed E-state index contributed by atoms with van der Waals surface area (Å²) in [5.41, 5.74) is 1.06. The Bertz CT molecular complexity index is 1030. The number of carbonyl (C=O) groups excluding carboxylic acids is 2. The summed E-state index contributed by atoms with van der Waals surface area (Å²) in [5.74, 6) is -0.625. The summed E-state index contributed by atoms with van der Waals surface area (Å²) in [4.78, 5) is 26.6. The molecule has 0 saturated carbocycles. The average molecular weight is 422 g/mol. The summed E-state index contributed by atoms with van der Waals surface area (Å²) in [6.07, 6.45) is 0.116.